The van der Waals surface area contributed by atoms with E-state index in [-0.39, 0.29) is 11.8 Å². The van der Waals surface area contributed by atoms with E-state index in [1.54, 1.807) is 36.4 Å². The zero-order valence-corrected chi connectivity index (χ0v) is 23.8. The van der Waals surface area contributed by atoms with Gasteiger partial charge in [-0.05, 0) is 87.7 Å². The number of halogens is 2. The van der Waals surface area contributed by atoms with E-state index in [0.717, 1.165) is 49.4 Å². The van der Waals surface area contributed by atoms with Crippen molar-refractivity contribution >= 4 is 40.8 Å². The maximum atomic E-state index is 14.8. The maximum Gasteiger partial charge on any atom is 0.256 e. The summed E-state index contributed by atoms with van der Waals surface area (Å²) in [5.41, 5.74) is 5.78. The Balaban J connectivity index is 0.000000531. The molecule has 3 N–H and O–H groups in total. The first kappa shape index (κ1) is 28.6. The third kappa shape index (κ3) is 5.94. The average molecular weight is 551 g/mol. The van der Waals surface area contributed by atoms with Gasteiger partial charge in [0.05, 0.1) is 11.1 Å². The van der Waals surface area contributed by atoms with Crippen molar-refractivity contribution in [2.45, 2.75) is 47.0 Å². The van der Waals surface area contributed by atoms with Gasteiger partial charge in [-0.25, -0.2) is 4.39 Å². The van der Waals surface area contributed by atoms with Gasteiger partial charge in [-0.2, -0.15) is 0 Å². The number of aromatic nitrogens is 1. The lowest BCUT2D eigenvalue weighted by atomic mass is 9.93. The van der Waals surface area contributed by atoms with Crippen LogP contribution in [-0.4, -0.2) is 47.9 Å². The summed E-state index contributed by atoms with van der Waals surface area (Å²) < 4.78 is 14.8. The standard InChI is InChI=1S/C26H23ClFN3O2.C5H13N/c1-3-31-11-5-8-20-23(26(31)33)14(2)22(29-20)13-18-24-17(6-4-7-21(24)30-25(18)32)16-10-9-15(27)12-19(16)28;1-3-5-6-4-2/h4,6-7,9-10,12-13,29H,3,5,8,11H2,1-2H3,(H,30,32);6H,3-5H2,1-2H3/b18-13-;. The largest absolute Gasteiger partial charge is 0.358 e. The minimum atomic E-state index is -0.456. The molecule has 0 bridgehead atoms. The summed E-state index contributed by atoms with van der Waals surface area (Å²) in [5, 5.41) is 6.39. The van der Waals surface area contributed by atoms with E-state index in [1.807, 2.05) is 18.7 Å². The molecule has 6 nitrogen and oxygen atoms in total. The van der Waals surface area contributed by atoms with Crippen LogP contribution in [0.2, 0.25) is 5.02 Å². The van der Waals surface area contributed by atoms with E-state index in [0.29, 0.717) is 45.1 Å². The van der Waals surface area contributed by atoms with Crippen LogP contribution < -0.4 is 10.6 Å². The maximum absolute atomic E-state index is 14.8. The third-order valence-corrected chi connectivity index (χ3v) is 7.35. The second-order valence-electron chi connectivity index (χ2n) is 9.72. The lowest BCUT2D eigenvalue weighted by Crippen LogP contribution is -2.30. The molecule has 206 valence electrons. The summed E-state index contributed by atoms with van der Waals surface area (Å²) in [6, 6.07) is 9.88. The fraction of sp³-hybridized carbons (Fsp3) is 0.355. The molecule has 0 atom stereocenters. The number of amides is 2. The van der Waals surface area contributed by atoms with Crippen LogP contribution in [-0.2, 0) is 11.2 Å². The molecule has 3 aromatic rings. The van der Waals surface area contributed by atoms with Crippen LogP contribution in [0.1, 0.15) is 66.5 Å². The van der Waals surface area contributed by atoms with Gasteiger partial charge in [-0.3, -0.25) is 9.59 Å². The number of nitrogens with zero attached hydrogens (tertiary/aromatic N) is 1. The van der Waals surface area contributed by atoms with E-state index >= 15 is 0 Å². The molecule has 0 unspecified atom stereocenters. The van der Waals surface area contributed by atoms with Crippen LogP contribution in [0.3, 0.4) is 0 Å². The summed E-state index contributed by atoms with van der Waals surface area (Å²) in [4.78, 5) is 31.2. The van der Waals surface area contributed by atoms with Crippen LogP contribution >= 0.6 is 11.6 Å². The number of carbonyl (C=O) groups excluding carboxylic acids is 2. The molecule has 2 aliphatic heterocycles. The van der Waals surface area contributed by atoms with E-state index < -0.39 is 5.82 Å². The Labute approximate surface area is 234 Å². The van der Waals surface area contributed by atoms with E-state index in [4.69, 9.17) is 11.6 Å². The number of carbonyl (C=O) groups is 2. The molecule has 0 fully saturated rings. The molecule has 8 heteroatoms. The molecule has 0 saturated carbocycles. The molecular weight excluding hydrogens is 515 g/mol. The highest BCUT2D eigenvalue weighted by atomic mass is 35.5. The number of anilines is 1. The fourth-order valence-electron chi connectivity index (χ4n) is 5.13. The van der Waals surface area contributed by atoms with Crippen molar-refractivity contribution in [2.24, 2.45) is 0 Å². The van der Waals surface area contributed by atoms with E-state index in [1.165, 1.54) is 12.5 Å². The molecule has 0 aliphatic carbocycles. The number of hydrogen-bond donors (Lipinski definition) is 3. The Bertz CT molecular complexity index is 1410. The number of H-pyrrole nitrogens is 1. The van der Waals surface area contributed by atoms with Crippen molar-refractivity contribution in [3.8, 4) is 11.1 Å². The summed E-state index contributed by atoms with van der Waals surface area (Å²) in [6.07, 6.45) is 4.66. The van der Waals surface area contributed by atoms with Gasteiger partial charge >= 0.3 is 0 Å². The Morgan fingerprint density at radius 1 is 1.10 bits per heavy atom. The van der Waals surface area contributed by atoms with Gasteiger partial charge in [-0.15, -0.1) is 0 Å². The highest BCUT2D eigenvalue weighted by Gasteiger charge is 2.30. The van der Waals surface area contributed by atoms with Crippen molar-refractivity contribution in [3.05, 3.63) is 75.3 Å². The molecule has 0 saturated heterocycles. The van der Waals surface area contributed by atoms with Gasteiger partial charge in [0.2, 0.25) is 0 Å². The molecule has 3 heterocycles. The number of aromatic amines is 1. The highest BCUT2D eigenvalue weighted by Crippen LogP contribution is 2.42. The van der Waals surface area contributed by atoms with Crippen molar-refractivity contribution in [2.75, 3.05) is 31.5 Å². The first-order valence-corrected chi connectivity index (χ1v) is 14.0. The lowest BCUT2D eigenvalue weighted by molar-refractivity contribution is -0.110. The molecule has 0 radical (unpaired) electrons. The molecule has 0 spiro atoms. The number of benzene rings is 2. The van der Waals surface area contributed by atoms with Gasteiger partial charge in [0.15, 0.2) is 0 Å². The fourth-order valence-corrected chi connectivity index (χ4v) is 5.29. The normalized spacial score (nSPS) is 15.4. The van der Waals surface area contributed by atoms with Crippen LogP contribution in [0.15, 0.2) is 36.4 Å². The van der Waals surface area contributed by atoms with Crippen LogP contribution in [0, 0.1) is 12.7 Å². The quantitative estimate of drug-likeness (QED) is 0.236. The second-order valence-corrected chi connectivity index (χ2v) is 10.2. The Hall–Kier alpha value is -3.42. The predicted molar refractivity (Wildman–Crippen MR) is 158 cm³/mol. The molecule has 2 aromatic carbocycles. The Morgan fingerprint density at radius 3 is 2.56 bits per heavy atom. The number of hydrogen-bond acceptors (Lipinski definition) is 3. The van der Waals surface area contributed by atoms with Crippen molar-refractivity contribution < 1.29 is 14.0 Å². The molecule has 2 aliphatic rings. The molecule has 1 aromatic heterocycles. The van der Waals surface area contributed by atoms with Crippen molar-refractivity contribution in [1.29, 1.82) is 0 Å². The molecule has 39 heavy (non-hydrogen) atoms. The zero-order chi connectivity index (χ0) is 28.1. The average Bonchev–Trinajstić information content (AvgIpc) is 3.34. The minimum Gasteiger partial charge on any atom is -0.358 e. The number of fused-ring (bicyclic) bond motifs is 2. The Morgan fingerprint density at radius 2 is 1.90 bits per heavy atom. The molecule has 5 rings (SSSR count). The third-order valence-electron chi connectivity index (χ3n) is 7.12. The van der Waals surface area contributed by atoms with Crippen LogP contribution in [0.4, 0.5) is 10.1 Å². The van der Waals surface area contributed by atoms with Crippen molar-refractivity contribution in [1.82, 2.24) is 15.2 Å². The van der Waals surface area contributed by atoms with E-state index in [9.17, 15) is 14.0 Å². The van der Waals surface area contributed by atoms with E-state index in [2.05, 4.69) is 29.5 Å². The summed E-state index contributed by atoms with van der Waals surface area (Å²) >= 11 is 5.94. The molecular formula is C31H36ClFN4O2. The summed E-state index contributed by atoms with van der Waals surface area (Å²) in [7, 11) is 0. The SMILES string of the molecule is CCCNCC.CCN1CCCc2[nH]c(/C=C3\C(=O)Nc4cccc(-c5ccc(Cl)cc5F)c43)c(C)c2C1=O. The monoisotopic (exact) mass is 550 g/mol. The highest BCUT2D eigenvalue weighted by molar-refractivity contribution is 6.36. The van der Waals surface area contributed by atoms with Gasteiger partial charge in [-0.1, -0.05) is 37.6 Å². The Kier molecular flexibility index (Phi) is 9.25. The van der Waals surface area contributed by atoms with Crippen molar-refractivity contribution in [3.63, 3.8) is 0 Å². The number of nitrogens with one attached hydrogen (secondary N) is 3. The van der Waals surface area contributed by atoms with Gasteiger partial charge in [0.25, 0.3) is 11.8 Å². The molecule has 2 amide bonds. The van der Waals surface area contributed by atoms with Crippen LogP contribution in [0.25, 0.3) is 22.8 Å². The number of rotatable bonds is 6. The van der Waals surface area contributed by atoms with Crippen LogP contribution in [0.5, 0.6) is 0 Å². The second kappa shape index (κ2) is 12.6. The number of aryl methyl sites for hydroxylation is 1. The smallest absolute Gasteiger partial charge is 0.256 e. The van der Waals surface area contributed by atoms with Gasteiger partial charge < -0.3 is 20.5 Å². The minimum absolute atomic E-state index is 0.0172. The first-order chi connectivity index (χ1) is 18.8. The lowest BCUT2D eigenvalue weighted by Gasteiger charge is -2.18. The van der Waals surface area contributed by atoms with Gasteiger partial charge in [0, 0.05) is 46.3 Å². The predicted octanol–water partition coefficient (Wildman–Crippen LogP) is 6.69. The zero-order valence-electron chi connectivity index (χ0n) is 23.0. The van der Waals surface area contributed by atoms with Gasteiger partial charge in [0.1, 0.15) is 5.82 Å². The topological polar surface area (TPSA) is 77.2 Å². The first-order valence-electron chi connectivity index (χ1n) is 13.6. The summed E-state index contributed by atoms with van der Waals surface area (Å²) in [6.45, 7) is 11.8. The summed E-state index contributed by atoms with van der Waals surface area (Å²) in [5.74, 6) is -0.705.